The molecule has 4 nitrogen and oxygen atoms in total. The maximum Gasteiger partial charge on any atom is 0.439 e. The van der Waals surface area contributed by atoms with Crippen molar-refractivity contribution in [3.05, 3.63) is 40.1 Å². The molecule has 0 spiro atoms. The van der Waals surface area contributed by atoms with Crippen LogP contribution in [0.1, 0.15) is 5.56 Å². The number of aromatic nitrogens is 2. The summed E-state index contributed by atoms with van der Waals surface area (Å²) < 4.78 is 54.3. The summed E-state index contributed by atoms with van der Waals surface area (Å²) in [5.74, 6) is -2.49. The van der Waals surface area contributed by atoms with Gasteiger partial charge >= 0.3 is 11.9 Å². The van der Waals surface area contributed by atoms with Crippen LogP contribution >= 0.6 is 0 Å². The molecule has 0 atom stereocenters. The molecule has 0 saturated heterocycles. The molecule has 0 fully saturated rings. The number of nitrogens with zero attached hydrogens (tertiary/aromatic N) is 1. The minimum atomic E-state index is -4.82. The number of halogens is 4. The van der Waals surface area contributed by atoms with Gasteiger partial charge in [-0.15, -0.1) is 0 Å². The third-order valence-corrected chi connectivity index (χ3v) is 1.99. The molecule has 2 aromatic rings. The van der Waals surface area contributed by atoms with Gasteiger partial charge < -0.3 is 0 Å². The average molecular weight is 248 g/mol. The van der Waals surface area contributed by atoms with Crippen LogP contribution in [0, 0.1) is 5.82 Å². The van der Waals surface area contributed by atoms with Gasteiger partial charge in [-0.2, -0.15) is 13.2 Å². The summed E-state index contributed by atoms with van der Waals surface area (Å²) in [6.07, 6.45) is -4.82. The first kappa shape index (κ1) is 11.4. The second-order valence-corrected chi connectivity index (χ2v) is 3.14. The van der Waals surface area contributed by atoms with E-state index >= 15 is 0 Å². The van der Waals surface area contributed by atoms with Gasteiger partial charge in [0.1, 0.15) is 5.82 Å². The van der Waals surface area contributed by atoms with E-state index in [1.807, 2.05) is 0 Å². The van der Waals surface area contributed by atoms with Crippen LogP contribution < -0.4 is 5.76 Å². The second-order valence-electron chi connectivity index (χ2n) is 3.14. The summed E-state index contributed by atoms with van der Waals surface area (Å²) in [4.78, 5) is 12.7. The Kier molecular flexibility index (Phi) is 2.49. The third kappa shape index (κ3) is 2.19. The highest BCUT2D eigenvalue weighted by atomic mass is 19.4. The van der Waals surface area contributed by atoms with Crippen molar-refractivity contribution >= 4 is 0 Å². The molecule has 90 valence electrons. The summed E-state index contributed by atoms with van der Waals surface area (Å²) >= 11 is 0. The molecule has 0 amide bonds. The molecule has 1 aromatic carbocycles. The van der Waals surface area contributed by atoms with E-state index in [2.05, 4.69) is 14.7 Å². The Morgan fingerprint density at radius 3 is 2.53 bits per heavy atom. The number of H-pyrrole nitrogens is 1. The first-order chi connectivity index (χ1) is 7.88. The normalized spacial score (nSPS) is 11.8. The molecule has 8 heteroatoms. The highest BCUT2D eigenvalue weighted by Gasteiger charge is 2.34. The Morgan fingerprint density at radius 2 is 2.00 bits per heavy atom. The van der Waals surface area contributed by atoms with Gasteiger partial charge in [0.15, 0.2) is 5.82 Å². The molecule has 0 radical (unpaired) electrons. The van der Waals surface area contributed by atoms with Crippen LogP contribution in [-0.4, -0.2) is 10.1 Å². The molecule has 0 aliphatic rings. The van der Waals surface area contributed by atoms with Gasteiger partial charge in [0.25, 0.3) is 0 Å². The first-order valence-electron chi connectivity index (χ1n) is 4.31. The van der Waals surface area contributed by atoms with Crippen LogP contribution in [0.4, 0.5) is 17.6 Å². The lowest BCUT2D eigenvalue weighted by Crippen LogP contribution is -2.08. The van der Waals surface area contributed by atoms with E-state index in [-0.39, 0.29) is 11.4 Å². The number of alkyl halides is 3. The molecule has 1 aromatic heterocycles. The van der Waals surface area contributed by atoms with Crippen molar-refractivity contribution in [2.45, 2.75) is 6.18 Å². The summed E-state index contributed by atoms with van der Waals surface area (Å²) in [6.45, 7) is 0. The van der Waals surface area contributed by atoms with Crippen molar-refractivity contribution in [2.75, 3.05) is 0 Å². The number of nitrogens with one attached hydrogen (secondary N) is 1. The standard InChI is InChI=1S/C9H4F4N2O2/c10-6-2-1-4(3-5(6)9(11,12)13)7-14-8(16)17-15-7/h1-3H,(H,14,15,16). The van der Waals surface area contributed by atoms with E-state index in [9.17, 15) is 22.4 Å². The molecular weight excluding hydrogens is 244 g/mol. The van der Waals surface area contributed by atoms with Crippen molar-refractivity contribution in [2.24, 2.45) is 0 Å². The van der Waals surface area contributed by atoms with Gasteiger partial charge in [-0.05, 0) is 18.2 Å². The quantitative estimate of drug-likeness (QED) is 0.787. The van der Waals surface area contributed by atoms with Crippen molar-refractivity contribution < 1.29 is 22.1 Å². The van der Waals surface area contributed by atoms with Crippen molar-refractivity contribution in [3.63, 3.8) is 0 Å². The van der Waals surface area contributed by atoms with Crippen molar-refractivity contribution in [1.29, 1.82) is 0 Å². The number of rotatable bonds is 1. The first-order valence-corrected chi connectivity index (χ1v) is 4.31. The molecule has 0 aliphatic carbocycles. The Balaban J connectivity index is 2.55. The molecule has 1 N–H and O–H groups in total. The predicted molar refractivity (Wildman–Crippen MR) is 47.5 cm³/mol. The average Bonchev–Trinajstić information content (AvgIpc) is 2.64. The zero-order valence-corrected chi connectivity index (χ0v) is 8.01. The van der Waals surface area contributed by atoms with E-state index < -0.39 is 23.3 Å². The molecule has 0 saturated carbocycles. The van der Waals surface area contributed by atoms with Gasteiger partial charge in [-0.25, -0.2) is 9.18 Å². The fraction of sp³-hybridized carbons (Fsp3) is 0.111. The van der Waals surface area contributed by atoms with Gasteiger partial charge in [0.2, 0.25) is 0 Å². The Hall–Kier alpha value is -2.12. The topological polar surface area (TPSA) is 58.9 Å². The number of benzene rings is 1. The maximum absolute atomic E-state index is 13.0. The van der Waals surface area contributed by atoms with Crippen LogP contribution in [0.25, 0.3) is 11.4 Å². The van der Waals surface area contributed by atoms with Crippen LogP contribution in [0.3, 0.4) is 0 Å². The van der Waals surface area contributed by atoms with Crippen molar-refractivity contribution in [3.8, 4) is 11.4 Å². The van der Waals surface area contributed by atoms with Crippen molar-refractivity contribution in [1.82, 2.24) is 10.1 Å². The fourth-order valence-corrected chi connectivity index (χ4v) is 1.24. The number of hydrogen-bond donors (Lipinski definition) is 1. The van der Waals surface area contributed by atoms with Crippen LogP contribution in [0.15, 0.2) is 27.5 Å². The molecular formula is C9H4F4N2O2. The van der Waals surface area contributed by atoms with Gasteiger partial charge in [-0.1, -0.05) is 5.16 Å². The van der Waals surface area contributed by atoms with E-state index in [0.29, 0.717) is 12.1 Å². The highest BCUT2D eigenvalue weighted by Crippen LogP contribution is 2.33. The smallest absolute Gasteiger partial charge is 0.296 e. The Bertz CT molecular complexity index is 600. The zero-order valence-electron chi connectivity index (χ0n) is 8.01. The summed E-state index contributed by atoms with van der Waals surface area (Å²) in [7, 11) is 0. The van der Waals surface area contributed by atoms with E-state index in [0.717, 1.165) is 6.07 Å². The maximum atomic E-state index is 13.0. The lowest BCUT2D eigenvalue weighted by Gasteiger charge is -2.08. The molecule has 17 heavy (non-hydrogen) atoms. The SMILES string of the molecule is O=c1[nH]c(-c2ccc(F)c(C(F)(F)F)c2)no1. The van der Waals surface area contributed by atoms with E-state index in [1.54, 1.807) is 0 Å². The molecule has 2 rings (SSSR count). The van der Waals surface area contributed by atoms with Crippen LogP contribution in [0.5, 0.6) is 0 Å². The Morgan fingerprint density at radius 1 is 1.29 bits per heavy atom. The fourth-order valence-electron chi connectivity index (χ4n) is 1.24. The minimum Gasteiger partial charge on any atom is -0.296 e. The van der Waals surface area contributed by atoms with E-state index in [4.69, 9.17) is 0 Å². The minimum absolute atomic E-state index is 0.0930. The van der Waals surface area contributed by atoms with Gasteiger partial charge in [-0.3, -0.25) is 9.51 Å². The monoisotopic (exact) mass is 248 g/mol. The van der Waals surface area contributed by atoms with Gasteiger partial charge in [0.05, 0.1) is 5.56 Å². The number of hydrogen-bond acceptors (Lipinski definition) is 3. The molecule has 1 heterocycles. The number of aromatic amines is 1. The van der Waals surface area contributed by atoms with Crippen LogP contribution in [0.2, 0.25) is 0 Å². The summed E-state index contributed by atoms with van der Waals surface area (Å²) in [5.41, 5.74) is -1.52. The molecule has 0 aliphatic heterocycles. The highest BCUT2D eigenvalue weighted by molar-refractivity contribution is 5.55. The third-order valence-electron chi connectivity index (χ3n) is 1.99. The zero-order chi connectivity index (χ0) is 12.6. The lowest BCUT2D eigenvalue weighted by molar-refractivity contribution is -0.139. The predicted octanol–water partition coefficient (Wildman–Crippen LogP) is 2.19. The molecule has 0 bridgehead atoms. The Labute approximate surface area is 90.9 Å². The summed E-state index contributed by atoms with van der Waals surface area (Å²) in [5, 5.41) is 3.21. The van der Waals surface area contributed by atoms with Crippen LogP contribution in [-0.2, 0) is 6.18 Å². The largest absolute Gasteiger partial charge is 0.439 e. The van der Waals surface area contributed by atoms with Gasteiger partial charge in [0, 0.05) is 5.56 Å². The molecule has 0 unspecified atom stereocenters. The van der Waals surface area contributed by atoms with E-state index in [1.165, 1.54) is 0 Å². The lowest BCUT2D eigenvalue weighted by atomic mass is 10.1. The summed E-state index contributed by atoms with van der Waals surface area (Å²) in [6, 6.07) is 2.24. The second kappa shape index (κ2) is 3.72.